The molecule has 0 fully saturated rings. The van der Waals surface area contributed by atoms with Crippen LogP contribution in [0.15, 0.2) is 23.2 Å². The fraction of sp³-hybridized carbons (Fsp3) is 0.583. The third-order valence-electron chi connectivity index (χ3n) is 2.77. The van der Waals surface area contributed by atoms with Gasteiger partial charge in [-0.3, -0.25) is 4.98 Å². The van der Waals surface area contributed by atoms with Crippen LogP contribution in [0.3, 0.4) is 0 Å². The van der Waals surface area contributed by atoms with Gasteiger partial charge in [0.2, 0.25) is 10.0 Å². The summed E-state index contributed by atoms with van der Waals surface area (Å²) in [5.41, 5.74) is 5.88. The van der Waals surface area contributed by atoms with Gasteiger partial charge >= 0.3 is 0 Å². The second-order valence-corrected chi connectivity index (χ2v) is 6.04. The Morgan fingerprint density at radius 3 is 2.74 bits per heavy atom. The SMILES string of the molecule is CCCCN(CCO)S(=O)(=O)c1cccnc1CN. The molecule has 1 heterocycles. The molecular formula is C12H21N3O3S. The average Bonchev–Trinajstić information content (AvgIpc) is 2.43. The van der Waals surface area contributed by atoms with E-state index in [4.69, 9.17) is 10.8 Å². The van der Waals surface area contributed by atoms with E-state index >= 15 is 0 Å². The van der Waals surface area contributed by atoms with Crippen molar-refractivity contribution in [2.45, 2.75) is 31.2 Å². The van der Waals surface area contributed by atoms with Gasteiger partial charge in [0.05, 0.1) is 12.3 Å². The molecule has 0 saturated heterocycles. The first kappa shape index (κ1) is 16.0. The number of hydrogen-bond donors (Lipinski definition) is 2. The number of aromatic nitrogens is 1. The van der Waals surface area contributed by atoms with Crippen molar-refractivity contribution in [3.8, 4) is 0 Å². The molecule has 7 heteroatoms. The molecular weight excluding hydrogens is 266 g/mol. The van der Waals surface area contributed by atoms with Crippen molar-refractivity contribution in [3.63, 3.8) is 0 Å². The van der Waals surface area contributed by atoms with Crippen molar-refractivity contribution < 1.29 is 13.5 Å². The average molecular weight is 287 g/mol. The van der Waals surface area contributed by atoms with Crippen LogP contribution in [0.1, 0.15) is 25.5 Å². The molecule has 0 aliphatic rings. The van der Waals surface area contributed by atoms with Crippen LogP contribution in [0.5, 0.6) is 0 Å². The molecule has 3 N–H and O–H groups in total. The van der Waals surface area contributed by atoms with Crippen LogP contribution in [0, 0.1) is 0 Å². The van der Waals surface area contributed by atoms with E-state index in [1.807, 2.05) is 6.92 Å². The number of aliphatic hydroxyl groups excluding tert-OH is 1. The minimum Gasteiger partial charge on any atom is -0.395 e. The zero-order chi connectivity index (χ0) is 14.3. The highest BCUT2D eigenvalue weighted by atomic mass is 32.2. The topological polar surface area (TPSA) is 96.5 Å². The summed E-state index contributed by atoms with van der Waals surface area (Å²) in [4.78, 5) is 4.12. The summed E-state index contributed by atoms with van der Waals surface area (Å²) in [6, 6.07) is 3.07. The number of sulfonamides is 1. The summed E-state index contributed by atoms with van der Waals surface area (Å²) in [6.07, 6.45) is 3.15. The van der Waals surface area contributed by atoms with Crippen LogP contribution in [0.2, 0.25) is 0 Å². The molecule has 0 bridgehead atoms. The quantitative estimate of drug-likeness (QED) is 0.718. The fourth-order valence-corrected chi connectivity index (χ4v) is 3.40. The highest BCUT2D eigenvalue weighted by Crippen LogP contribution is 2.18. The number of rotatable bonds is 8. The normalized spacial score (nSPS) is 12.0. The predicted molar refractivity (Wildman–Crippen MR) is 72.9 cm³/mol. The number of nitrogens with zero attached hydrogens (tertiary/aromatic N) is 2. The zero-order valence-corrected chi connectivity index (χ0v) is 11.9. The van der Waals surface area contributed by atoms with E-state index in [2.05, 4.69) is 4.98 Å². The Labute approximate surface area is 114 Å². The first-order chi connectivity index (χ1) is 9.07. The molecule has 1 aromatic rings. The smallest absolute Gasteiger partial charge is 0.245 e. The minimum atomic E-state index is -3.65. The van der Waals surface area contributed by atoms with Crippen LogP contribution in [0.4, 0.5) is 0 Å². The van der Waals surface area contributed by atoms with Gasteiger partial charge in [-0.2, -0.15) is 4.31 Å². The molecule has 0 saturated carbocycles. The number of nitrogens with two attached hydrogens (primary N) is 1. The van der Waals surface area contributed by atoms with Crippen LogP contribution >= 0.6 is 0 Å². The van der Waals surface area contributed by atoms with E-state index in [1.54, 1.807) is 6.07 Å². The molecule has 0 unspecified atom stereocenters. The lowest BCUT2D eigenvalue weighted by Gasteiger charge is -2.22. The lowest BCUT2D eigenvalue weighted by atomic mass is 10.3. The molecule has 19 heavy (non-hydrogen) atoms. The maximum atomic E-state index is 12.5. The fourth-order valence-electron chi connectivity index (χ4n) is 1.75. The number of unbranched alkanes of at least 4 members (excludes halogenated alkanes) is 1. The molecule has 0 spiro atoms. The Balaban J connectivity index is 3.11. The van der Waals surface area contributed by atoms with Crippen molar-refractivity contribution in [2.75, 3.05) is 19.7 Å². The Morgan fingerprint density at radius 2 is 2.16 bits per heavy atom. The largest absolute Gasteiger partial charge is 0.395 e. The van der Waals surface area contributed by atoms with Crippen LogP contribution in [0.25, 0.3) is 0 Å². The summed E-state index contributed by atoms with van der Waals surface area (Å²) in [5, 5.41) is 9.03. The zero-order valence-electron chi connectivity index (χ0n) is 11.1. The lowest BCUT2D eigenvalue weighted by molar-refractivity contribution is 0.252. The molecule has 0 aromatic carbocycles. The second kappa shape index (κ2) is 7.54. The predicted octanol–water partition coefficient (Wildman–Crippen LogP) is 0.323. The van der Waals surface area contributed by atoms with E-state index in [0.717, 1.165) is 12.8 Å². The number of hydrogen-bond acceptors (Lipinski definition) is 5. The van der Waals surface area contributed by atoms with E-state index in [9.17, 15) is 8.42 Å². The Bertz CT molecular complexity index is 491. The maximum absolute atomic E-state index is 12.5. The third kappa shape index (κ3) is 3.97. The molecule has 0 aliphatic carbocycles. The van der Waals surface area contributed by atoms with Crippen LogP contribution in [-0.4, -0.2) is 42.5 Å². The Hall–Kier alpha value is -1.02. The van der Waals surface area contributed by atoms with E-state index in [1.165, 1.54) is 16.6 Å². The van der Waals surface area contributed by atoms with Crippen molar-refractivity contribution in [1.82, 2.24) is 9.29 Å². The molecule has 0 radical (unpaired) electrons. The highest BCUT2D eigenvalue weighted by Gasteiger charge is 2.26. The molecule has 1 aromatic heterocycles. The Kier molecular flexibility index (Phi) is 6.36. The summed E-state index contributed by atoms with van der Waals surface area (Å²) >= 11 is 0. The molecule has 0 atom stereocenters. The van der Waals surface area contributed by atoms with Gasteiger partial charge in [0, 0.05) is 25.8 Å². The Morgan fingerprint density at radius 1 is 1.42 bits per heavy atom. The molecule has 1 rings (SSSR count). The number of pyridine rings is 1. The van der Waals surface area contributed by atoms with Gasteiger partial charge in [-0.25, -0.2) is 8.42 Å². The van der Waals surface area contributed by atoms with Crippen molar-refractivity contribution >= 4 is 10.0 Å². The summed E-state index contributed by atoms with van der Waals surface area (Å²) in [7, 11) is -3.65. The van der Waals surface area contributed by atoms with Crippen LogP contribution < -0.4 is 5.73 Å². The lowest BCUT2D eigenvalue weighted by Crippen LogP contribution is -2.35. The van der Waals surface area contributed by atoms with Crippen molar-refractivity contribution in [1.29, 1.82) is 0 Å². The van der Waals surface area contributed by atoms with Crippen molar-refractivity contribution in [2.24, 2.45) is 5.73 Å². The van der Waals surface area contributed by atoms with Gasteiger partial charge in [-0.1, -0.05) is 13.3 Å². The van der Waals surface area contributed by atoms with Crippen LogP contribution in [-0.2, 0) is 16.6 Å². The van der Waals surface area contributed by atoms with Crippen molar-refractivity contribution in [3.05, 3.63) is 24.0 Å². The van der Waals surface area contributed by atoms with E-state index in [0.29, 0.717) is 12.2 Å². The monoisotopic (exact) mass is 287 g/mol. The molecule has 6 nitrogen and oxygen atoms in total. The molecule has 0 aliphatic heterocycles. The standard InChI is InChI=1S/C12H21N3O3S/c1-2-3-7-15(8-9-16)19(17,18)12-5-4-6-14-11(12)10-13/h4-6,16H,2-3,7-10,13H2,1H3. The molecule has 108 valence electrons. The van der Waals surface area contributed by atoms with Gasteiger partial charge in [-0.15, -0.1) is 0 Å². The third-order valence-corrected chi connectivity index (χ3v) is 4.74. The summed E-state index contributed by atoms with van der Waals surface area (Å²) in [5.74, 6) is 0. The summed E-state index contributed by atoms with van der Waals surface area (Å²) in [6.45, 7) is 2.32. The molecule has 0 amide bonds. The first-order valence-electron chi connectivity index (χ1n) is 6.32. The van der Waals surface area contributed by atoms with Gasteiger partial charge in [0.15, 0.2) is 0 Å². The number of aliphatic hydroxyl groups is 1. The van der Waals surface area contributed by atoms with Gasteiger partial charge in [0.25, 0.3) is 0 Å². The van der Waals surface area contributed by atoms with E-state index in [-0.39, 0.29) is 24.6 Å². The summed E-state index contributed by atoms with van der Waals surface area (Å²) < 4.78 is 26.3. The van der Waals surface area contributed by atoms with Gasteiger partial charge in [0.1, 0.15) is 4.90 Å². The first-order valence-corrected chi connectivity index (χ1v) is 7.76. The van der Waals surface area contributed by atoms with Gasteiger partial charge in [-0.05, 0) is 18.6 Å². The van der Waals surface area contributed by atoms with E-state index < -0.39 is 10.0 Å². The highest BCUT2D eigenvalue weighted by molar-refractivity contribution is 7.89. The minimum absolute atomic E-state index is 0.0656. The maximum Gasteiger partial charge on any atom is 0.245 e. The van der Waals surface area contributed by atoms with Gasteiger partial charge < -0.3 is 10.8 Å². The second-order valence-electron chi connectivity index (χ2n) is 4.13.